The fourth-order valence-electron chi connectivity index (χ4n) is 2.99. The summed E-state index contributed by atoms with van der Waals surface area (Å²) in [5.41, 5.74) is 0.765. The molecule has 146 valence electrons. The van der Waals surface area contributed by atoms with Crippen molar-refractivity contribution in [2.75, 3.05) is 18.5 Å². The van der Waals surface area contributed by atoms with Crippen molar-refractivity contribution >= 4 is 17.4 Å². The zero-order chi connectivity index (χ0) is 20.4. The molecule has 0 radical (unpaired) electrons. The molecule has 0 aliphatic carbocycles. The molecule has 3 heterocycles. The van der Waals surface area contributed by atoms with Gasteiger partial charge in [0, 0.05) is 26.2 Å². The summed E-state index contributed by atoms with van der Waals surface area (Å²) in [6.07, 6.45) is 1.48. The highest BCUT2D eigenvalue weighted by Gasteiger charge is 2.19. The third-order valence-electron chi connectivity index (χ3n) is 4.50. The van der Waals surface area contributed by atoms with Crippen molar-refractivity contribution < 1.29 is 9.47 Å². The van der Waals surface area contributed by atoms with Gasteiger partial charge in [-0.05, 0) is 29.8 Å². The molecule has 1 aromatic carbocycles. The van der Waals surface area contributed by atoms with Gasteiger partial charge in [-0.2, -0.15) is 10.2 Å². The molecule has 0 unspecified atom stereocenters. The minimum absolute atomic E-state index is 0.164. The number of nitriles is 1. The van der Waals surface area contributed by atoms with E-state index in [1.54, 1.807) is 41.0 Å². The van der Waals surface area contributed by atoms with E-state index in [4.69, 9.17) is 21.1 Å². The number of anilines is 1. The Morgan fingerprint density at radius 1 is 1.24 bits per heavy atom. The van der Waals surface area contributed by atoms with Gasteiger partial charge in [0.1, 0.15) is 35.1 Å². The van der Waals surface area contributed by atoms with Gasteiger partial charge in [-0.3, -0.25) is 4.57 Å². The van der Waals surface area contributed by atoms with Gasteiger partial charge in [-0.15, -0.1) is 0 Å². The van der Waals surface area contributed by atoms with E-state index in [1.165, 1.54) is 6.20 Å². The molecular formula is C20H16ClN5O3. The van der Waals surface area contributed by atoms with Crippen LogP contribution in [0.1, 0.15) is 11.1 Å². The molecule has 1 aliphatic rings. The van der Waals surface area contributed by atoms with Gasteiger partial charge in [-0.25, -0.2) is 9.78 Å². The Labute approximate surface area is 171 Å². The van der Waals surface area contributed by atoms with Crippen molar-refractivity contribution in [2.24, 2.45) is 0 Å². The molecule has 1 aliphatic heterocycles. The SMILES string of the molecule is CN1CCn2c1cc(OCc1ccc(Oc3ccc(Cl)nc3)c(C#N)c1)nc2=O. The summed E-state index contributed by atoms with van der Waals surface area (Å²) < 4.78 is 13.0. The molecule has 0 bridgehead atoms. The monoisotopic (exact) mass is 409 g/mol. The second kappa shape index (κ2) is 7.81. The lowest BCUT2D eigenvalue weighted by Crippen LogP contribution is -2.22. The van der Waals surface area contributed by atoms with Crippen LogP contribution in [0.5, 0.6) is 17.4 Å². The van der Waals surface area contributed by atoms with Crippen LogP contribution in [-0.4, -0.2) is 28.1 Å². The van der Waals surface area contributed by atoms with Crippen molar-refractivity contribution in [2.45, 2.75) is 13.2 Å². The van der Waals surface area contributed by atoms with Crippen LogP contribution in [0.2, 0.25) is 5.15 Å². The van der Waals surface area contributed by atoms with Gasteiger partial charge in [0.05, 0.1) is 11.8 Å². The highest BCUT2D eigenvalue weighted by molar-refractivity contribution is 6.29. The molecule has 0 saturated heterocycles. The number of rotatable bonds is 5. The van der Waals surface area contributed by atoms with Crippen molar-refractivity contribution in [1.29, 1.82) is 5.26 Å². The Hall–Kier alpha value is -3.57. The van der Waals surface area contributed by atoms with E-state index in [9.17, 15) is 10.1 Å². The molecule has 4 rings (SSSR count). The molecular weight excluding hydrogens is 394 g/mol. The summed E-state index contributed by atoms with van der Waals surface area (Å²) in [6, 6.07) is 12.3. The number of pyridine rings is 1. The lowest BCUT2D eigenvalue weighted by atomic mass is 10.1. The fraction of sp³-hybridized carbons (Fsp3) is 0.200. The second-order valence-corrected chi connectivity index (χ2v) is 6.85. The van der Waals surface area contributed by atoms with E-state index in [0.29, 0.717) is 28.8 Å². The zero-order valence-electron chi connectivity index (χ0n) is 15.5. The van der Waals surface area contributed by atoms with Crippen LogP contribution in [0, 0.1) is 11.3 Å². The van der Waals surface area contributed by atoms with Gasteiger partial charge in [0.2, 0.25) is 5.88 Å². The Bertz CT molecular complexity index is 1150. The smallest absolute Gasteiger partial charge is 0.352 e. The summed E-state index contributed by atoms with van der Waals surface area (Å²) in [5.74, 6) is 1.90. The largest absolute Gasteiger partial charge is 0.473 e. The van der Waals surface area contributed by atoms with Gasteiger partial charge < -0.3 is 14.4 Å². The molecule has 8 nitrogen and oxygen atoms in total. The Balaban J connectivity index is 1.49. The van der Waals surface area contributed by atoms with Gasteiger partial charge >= 0.3 is 5.69 Å². The van der Waals surface area contributed by atoms with Crippen LogP contribution in [0.3, 0.4) is 0 Å². The molecule has 0 atom stereocenters. The summed E-state index contributed by atoms with van der Waals surface area (Å²) >= 11 is 5.77. The topological polar surface area (TPSA) is 93.3 Å². The quantitative estimate of drug-likeness (QED) is 0.598. The van der Waals surface area contributed by atoms with Crippen molar-refractivity contribution in [1.82, 2.24) is 14.5 Å². The zero-order valence-corrected chi connectivity index (χ0v) is 16.3. The normalized spacial score (nSPS) is 12.4. The van der Waals surface area contributed by atoms with E-state index in [0.717, 1.165) is 17.9 Å². The number of ether oxygens (including phenoxy) is 2. The van der Waals surface area contributed by atoms with Crippen molar-refractivity contribution in [3.05, 3.63) is 69.4 Å². The van der Waals surface area contributed by atoms with Gasteiger partial charge in [-0.1, -0.05) is 17.7 Å². The number of likely N-dealkylation sites (N-methyl/N-ethyl adjacent to an activating group) is 1. The first-order chi connectivity index (χ1) is 14.0. The summed E-state index contributed by atoms with van der Waals surface area (Å²) in [4.78, 5) is 22.0. The van der Waals surface area contributed by atoms with E-state index in [1.807, 2.05) is 11.9 Å². The maximum Gasteiger partial charge on any atom is 0.352 e. The molecule has 3 aromatic rings. The van der Waals surface area contributed by atoms with Crippen molar-refractivity contribution in [3.63, 3.8) is 0 Å². The molecule has 29 heavy (non-hydrogen) atoms. The van der Waals surface area contributed by atoms with E-state index in [-0.39, 0.29) is 18.2 Å². The highest BCUT2D eigenvalue weighted by Crippen LogP contribution is 2.27. The molecule has 0 N–H and O–H groups in total. The van der Waals surface area contributed by atoms with Crippen LogP contribution in [-0.2, 0) is 13.2 Å². The predicted octanol–water partition coefficient (Wildman–Crippen LogP) is 2.98. The second-order valence-electron chi connectivity index (χ2n) is 6.46. The summed E-state index contributed by atoms with van der Waals surface area (Å²) in [7, 11) is 1.91. The molecule has 0 saturated carbocycles. The van der Waals surface area contributed by atoms with Crippen molar-refractivity contribution in [3.8, 4) is 23.4 Å². The van der Waals surface area contributed by atoms with Crippen LogP contribution in [0.15, 0.2) is 47.4 Å². The predicted molar refractivity (Wildman–Crippen MR) is 107 cm³/mol. The Kier molecular flexibility index (Phi) is 5.06. The van der Waals surface area contributed by atoms with E-state index in [2.05, 4.69) is 16.0 Å². The van der Waals surface area contributed by atoms with Gasteiger partial charge in [0.25, 0.3) is 0 Å². The summed E-state index contributed by atoms with van der Waals surface area (Å²) in [6.45, 7) is 1.54. The number of hydrogen-bond acceptors (Lipinski definition) is 7. The van der Waals surface area contributed by atoms with Crippen LogP contribution < -0.4 is 20.1 Å². The maximum absolute atomic E-state index is 12.1. The minimum atomic E-state index is -0.333. The standard InChI is InChI=1S/C20H16ClN5O3/c1-25-6-7-26-19(25)9-18(24-20(26)27)28-12-13-2-4-16(14(8-13)10-22)29-15-3-5-17(21)23-11-15/h2-5,8-9,11H,6-7,12H2,1H3. The number of halogens is 1. The van der Waals surface area contributed by atoms with Crippen LogP contribution in [0.25, 0.3) is 0 Å². The number of benzene rings is 1. The first-order valence-electron chi connectivity index (χ1n) is 8.82. The minimum Gasteiger partial charge on any atom is -0.473 e. The first-order valence-corrected chi connectivity index (χ1v) is 9.19. The molecule has 0 spiro atoms. The average Bonchev–Trinajstić information content (AvgIpc) is 3.10. The molecule has 0 amide bonds. The van der Waals surface area contributed by atoms with E-state index < -0.39 is 0 Å². The number of fused-ring (bicyclic) bond motifs is 1. The fourth-order valence-corrected chi connectivity index (χ4v) is 3.10. The summed E-state index contributed by atoms with van der Waals surface area (Å²) in [5, 5.41) is 9.81. The Morgan fingerprint density at radius 2 is 2.10 bits per heavy atom. The maximum atomic E-state index is 12.1. The average molecular weight is 410 g/mol. The lowest BCUT2D eigenvalue weighted by Gasteiger charge is -2.13. The highest BCUT2D eigenvalue weighted by atomic mass is 35.5. The lowest BCUT2D eigenvalue weighted by molar-refractivity contribution is 0.291. The van der Waals surface area contributed by atoms with E-state index >= 15 is 0 Å². The third-order valence-corrected chi connectivity index (χ3v) is 4.72. The first kappa shape index (κ1) is 18.8. The molecule has 0 fully saturated rings. The third kappa shape index (κ3) is 4.00. The number of aromatic nitrogens is 3. The molecule has 2 aromatic heterocycles. The van der Waals surface area contributed by atoms with Gasteiger partial charge in [0.15, 0.2) is 0 Å². The molecule has 9 heteroatoms. The number of nitrogens with zero attached hydrogens (tertiary/aromatic N) is 5. The number of hydrogen-bond donors (Lipinski definition) is 0. The van der Waals surface area contributed by atoms with Crippen LogP contribution in [0.4, 0.5) is 5.82 Å². The Morgan fingerprint density at radius 3 is 2.86 bits per heavy atom. The van der Waals surface area contributed by atoms with Crippen LogP contribution >= 0.6 is 11.6 Å².